The highest BCUT2D eigenvalue weighted by Gasteiger charge is 2.29. The Morgan fingerprint density at radius 2 is 1.94 bits per heavy atom. The van der Waals surface area contributed by atoms with Crippen LogP contribution in [-0.4, -0.2) is 35.6 Å². The third-order valence-corrected chi connectivity index (χ3v) is 6.21. The number of likely N-dealkylation sites (tertiary alicyclic amines) is 1. The van der Waals surface area contributed by atoms with Crippen molar-refractivity contribution in [3.8, 4) is 6.07 Å². The quantitative estimate of drug-likeness (QED) is 0.428. The Kier molecular flexibility index (Phi) is 7.82. The van der Waals surface area contributed by atoms with E-state index >= 15 is 0 Å². The van der Waals surface area contributed by atoms with E-state index in [4.69, 9.17) is 5.73 Å². The zero-order valence-electron chi connectivity index (χ0n) is 18.4. The molecule has 1 heterocycles. The summed E-state index contributed by atoms with van der Waals surface area (Å²) in [5.41, 5.74) is 8.38. The lowest BCUT2D eigenvalue weighted by atomic mass is 9.92. The van der Waals surface area contributed by atoms with Crippen molar-refractivity contribution in [2.24, 2.45) is 16.6 Å². The number of carbonyl (C=O) groups excluding carboxylic acids is 2. The fourth-order valence-electron chi connectivity index (χ4n) is 3.73. The molecular formula is C24H25BrFN5O2. The molecule has 0 bridgehead atoms. The maximum Gasteiger partial charge on any atom is 0.321 e. The number of nitrogens with two attached hydrogens (primary N) is 1. The molecule has 0 aromatic heterocycles. The zero-order chi connectivity index (χ0) is 24.1. The van der Waals surface area contributed by atoms with Crippen molar-refractivity contribution in [2.75, 3.05) is 18.4 Å². The van der Waals surface area contributed by atoms with Gasteiger partial charge < -0.3 is 16.0 Å². The molecule has 1 fully saturated rings. The van der Waals surface area contributed by atoms with E-state index < -0.39 is 5.82 Å². The first kappa shape index (κ1) is 24.4. The van der Waals surface area contributed by atoms with E-state index in [2.05, 4.69) is 32.3 Å². The van der Waals surface area contributed by atoms with Crippen LogP contribution >= 0.6 is 15.9 Å². The first-order chi connectivity index (χ1) is 15.7. The Morgan fingerprint density at radius 1 is 1.24 bits per heavy atom. The number of aliphatic imine (C=N–C) groups is 1. The average molecular weight is 514 g/mol. The molecule has 7 nitrogen and oxygen atoms in total. The normalized spacial score (nSPS) is 14.8. The number of anilines is 1. The summed E-state index contributed by atoms with van der Waals surface area (Å²) in [7, 11) is 0. The van der Waals surface area contributed by atoms with Gasteiger partial charge in [-0.1, -0.05) is 13.8 Å². The predicted molar refractivity (Wildman–Crippen MR) is 129 cm³/mol. The number of Topliss-reactive ketones (excluding diaryl/α,β-unsaturated/α-hetero) is 1. The van der Waals surface area contributed by atoms with Gasteiger partial charge in [0, 0.05) is 24.7 Å². The maximum absolute atomic E-state index is 13.4. The SMILES string of the molecule is CC(C)c1cc(NC(=O)N2CCC(C(=O)C(N)=Nc3ccc(F)c(Br)c3)CC2)ccc1C#N. The van der Waals surface area contributed by atoms with Crippen molar-refractivity contribution >= 4 is 45.0 Å². The number of nitriles is 1. The third-order valence-electron chi connectivity index (χ3n) is 5.60. The lowest BCUT2D eigenvalue weighted by Gasteiger charge is -2.31. The van der Waals surface area contributed by atoms with Crippen molar-refractivity contribution < 1.29 is 14.0 Å². The molecule has 2 aromatic rings. The number of nitrogens with zero attached hydrogens (tertiary/aromatic N) is 3. The minimum absolute atomic E-state index is 0.129. The first-order valence-corrected chi connectivity index (χ1v) is 11.4. The monoisotopic (exact) mass is 513 g/mol. The molecule has 0 atom stereocenters. The minimum Gasteiger partial charge on any atom is -0.381 e. The molecule has 3 rings (SSSR count). The lowest BCUT2D eigenvalue weighted by Crippen LogP contribution is -2.44. The summed E-state index contributed by atoms with van der Waals surface area (Å²) in [6.07, 6.45) is 0.945. The van der Waals surface area contributed by atoms with Crippen LogP contribution in [0.1, 0.15) is 43.7 Å². The Balaban J connectivity index is 1.59. The molecule has 0 radical (unpaired) electrons. The maximum atomic E-state index is 13.4. The van der Waals surface area contributed by atoms with E-state index in [0.717, 1.165) is 5.56 Å². The summed E-state index contributed by atoms with van der Waals surface area (Å²) in [6, 6.07) is 11.3. The molecule has 0 unspecified atom stereocenters. The van der Waals surface area contributed by atoms with Crippen LogP contribution in [0.5, 0.6) is 0 Å². The van der Waals surface area contributed by atoms with Crippen molar-refractivity contribution in [2.45, 2.75) is 32.6 Å². The summed E-state index contributed by atoms with van der Waals surface area (Å²) in [5.74, 6) is -1.00. The number of hydrogen-bond donors (Lipinski definition) is 2. The number of benzene rings is 2. The van der Waals surface area contributed by atoms with E-state index in [0.29, 0.717) is 42.9 Å². The number of amidine groups is 1. The van der Waals surface area contributed by atoms with Crippen molar-refractivity contribution in [3.05, 3.63) is 57.8 Å². The van der Waals surface area contributed by atoms with Gasteiger partial charge in [-0.25, -0.2) is 14.2 Å². The topological polar surface area (TPSA) is 112 Å². The highest BCUT2D eigenvalue weighted by Crippen LogP contribution is 2.25. The Bertz CT molecular complexity index is 1130. The minimum atomic E-state index is -0.425. The summed E-state index contributed by atoms with van der Waals surface area (Å²) in [4.78, 5) is 31.2. The molecule has 2 aromatic carbocycles. The van der Waals surface area contributed by atoms with Crippen LogP contribution in [0.25, 0.3) is 0 Å². The second-order valence-electron chi connectivity index (χ2n) is 8.22. The van der Waals surface area contributed by atoms with E-state index in [1.165, 1.54) is 18.2 Å². The van der Waals surface area contributed by atoms with Crippen molar-refractivity contribution in [1.82, 2.24) is 4.90 Å². The second kappa shape index (κ2) is 10.6. The van der Waals surface area contributed by atoms with Gasteiger partial charge in [0.1, 0.15) is 5.82 Å². The van der Waals surface area contributed by atoms with Crippen LogP contribution < -0.4 is 11.1 Å². The molecule has 33 heavy (non-hydrogen) atoms. The van der Waals surface area contributed by atoms with Gasteiger partial charge in [-0.15, -0.1) is 0 Å². The van der Waals surface area contributed by atoms with Crippen LogP contribution in [0.3, 0.4) is 0 Å². The summed E-state index contributed by atoms with van der Waals surface area (Å²) < 4.78 is 13.6. The lowest BCUT2D eigenvalue weighted by molar-refractivity contribution is -0.117. The molecule has 0 spiro atoms. The highest BCUT2D eigenvalue weighted by atomic mass is 79.9. The number of urea groups is 1. The highest BCUT2D eigenvalue weighted by molar-refractivity contribution is 9.10. The Labute approximate surface area is 200 Å². The molecule has 1 aliphatic heterocycles. The molecule has 3 N–H and O–H groups in total. The smallest absolute Gasteiger partial charge is 0.321 e. The number of amides is 2. The molecule has 1 saturated heterocycles. The molecule has 1 aliphatic rings. The fraction of sp³-hybridized carbons (Fsp3) is 0.333. The molecule has 172 valence electrons. The van der Waals surface area contributed by atoms with E-state index in [1.807, 2.05) is 19.9 Å². The number of hydrogen-bond acceptors (Lipinski definition) is 4. The van der Waals surface area contributed by atoms with Crippen molar-refractivity contribution in [3.63, 3.8) is 0 Å². The van der Waals surface area contributed by atoms with Gasteiger partial charge in [-0.2, -0.15) is 5.26 Å². The van der Waals surface area contributed by atoms with Gasteiger partial charge in [0.05, 0.1) is 21.8 Å². The summed E-state index contributed by atoms with van der Waals surface area (Å²) >= 11 is 3.08. The van der Waals surface area contributed by atoms with Gasteiger partial charge >= 0.3 is 6.03 Å². The first-order valence-electron chi connectivity index (χ1n) is 10.6. The van der Waals surface area contributed by atoms with E-state index in [1.54, 1.807) is 17.0 Å². The number of nitrogens with one attached hydrogen (secondary N) is 1. The molecule has 0 saturated carbocycles. The Morgan fingerprint density at radius 3 is 2.55 bits per heavy atom. The van der Waals surface area contributed by atoms with Crippen molar-refractivity contribution in [1.29, 1.82) is 5.26 Å². The number of piperidine rings is 1. The molecule has 0 aliphatic carbocycles. The van der Waals surface area contributed by atoms with Gasteiger partial charge in [-0.05, 0) is 76.7 Å². The zero-order valence-corrected chi connectivity index (χ0v) is 20.0. The average Bonchev–Trinajstić information content (AvgIpc) is 2.80. The van der Waals surface area contributed by atoms with Gasteiger partial charge in [0.15, 0.2) is 5.84 Å². The van der Waals surface area contributed by atoms with Gasteiger partial charge in [-0.3, -0.25) is 4.79 Å². The molecule has 9 heteroatoms. The van der Waals surface area contributed by atoms with Crippen LogP contribution in [0.15, 0.2) is 45.9 Å². The number of rotatable bonds is 5. The van der Waals surface area contributed by atoms with Crippen LogP contribution in [-0.2, 0) is 4.79 Å². The van der Waals surface area contributed by atoms with Gasteiger partial charge in [0.25, 0.3) is 0 Å². The number of carbonyl (C=O) groups is 2. The van der Waals surface area contributed by atoms with Gasteiger partial charge in [0.2, 0.25) is 5.78 Å². The second-order valence-corrected chi connectivity index (χ2v) is 9.07. The van der Waals surface area contributed by atoms with Crippen LogP contribution in [0.4, 0.5) is 20.6 Å². The standard InChI is InChI=1S/C24H25BrFN5O2/c1-14(2)19-11-17(4-3-16(19)13-27)30-24(33)31-9-7-15(8-10-31)22(32)23(28)29-18-5-6-21(26)20(25)12-18/h3-6,11-12,14-15H,7-10H2,1-2H3,(H2,28,29)(H,30,33). The third kappa shape index (κ3) is 5.96. The van der Waals surface area contributed by atoms with Crippen LogP contribution in [0, 0.1) is 23.1 Å². The summed E-state index contributed by atoms with van der Waals surface area (Å²) in [5, 5.41) is 12.1. The predicted octanol–water partition coefficient (Wildman–Crippen LogP) is 5.09. The fourth-order valence-corrected chi connectivity index (χ4v) is 4.09. The number of ketones is 1. The Hall–Kier alpha value is -3.25. The number of halogens is 2. The van der Waals surface area contributed by atoms with E-state index in [9.17, 15) is 19.2 Å². The molecule has 2 amide bonds. The largest absolute Gasteiger partial charge is 0.381 e. The molecular weight excluding hydrogens is 489 g/mol. The van der Waals surface area contributed by atoms with Crippen LogP contribution in [0.2, 0.25) is 0 Å². The van der Waals surface area contributed by atoms with E-state index in [-0.39, 0.29) is 34.0 Å². The summed E-state index contributed by atoms with van der Waals surface area (Å²) in [6.45, 7) is 4.80.